The Kier molecular flexibility index (Phi) is 6.82. The molecule has 0 heterocycles. The van der Waals surface area contributed by atoms with Gasteiger partial charge >= 0.3 is 0 Å². The second-order valence-corrected chi connectivity index (χ2v) is 7.19. The van der Waals surface area contributed by atoms with Crippen LogP contribution in [0.2, 0.25) is 0 Å². The lowest BCUT2D eigenvalue weighted by molar-refractivity contribution is -0.112. The molecule has 0 radical (unpaired) electrons. The zero-order valence-corrected chi connectivity index (χ0v) is 17.1. The highest BCUT2D eigenvalue weighted by Gasteiger charge is 2.11. The molecule has 0 bridgehead atoms. The number of para-hydroxylation sites is 2. The van der Waals surface area contributed by atoms with Crippen molar-refractivity contribution < 1.29 is 9.53 Å². The van der Waals surface area contributed by atoms with Crippen LogP contribution in [-0.2, 0) is 11.4 Å². The predicted octanol–water partition coefficient (Wildman–Crippen LogP) is 5.42. The van der Waals surface area contributed by atoms with E-state index < -0.39 is 5.91 Å². The molecule has 0 saturated carbocycles. The van der Waals surface area contributed by atoms with Crippen LogP contribution in [0.4, 0.5) is 5.69 Å². The first-order chi connectivity index (χ1) is 13.7. The van der Waals surface area contributed by atoms with E-state index in [1.807, 2.05) is 72.8 Å². The summed E-state index contributed by atoms with van der Waals surface area (Å²) in [4.78, 5) is 12.4. The van der Waals surface area contributed by atoms with E-state index >= 15 is 0 Å². The largest absolute Gasteiger partial charge is 0.488 e. The Bertz CT molecular complexity index is 1020. The fourth-order valence-electron chi connectivity index (χ4n) is 2.50. The molecule has 0 atom stereocenters. The first-order valence-corrected chi connectivity index (χ1v) is 9.68. The number of carbonyl (C=O) groups excluding carboxylic acids is 1. The minimum atomic E-state index is -0.457. The van der Waals surface area contributed by atoms with Crippen LogP contribution < -0.4 is 10.1 Å². The fraction of sp³-hybridized carbons (Fsp3) is 0.0435. The van der Waals surface area contributed by atoms with Gasteiger partial charge in [-0.25, -0.2) is 0 Å². The van der Waals surface area contributed by atoms with Crippen molar-refractivity contribution in [2.24, 2.45) is 0 Å². The van der Waals surface area contributed by atoms with Crippen molar-refractivity contribution in [2.75, 3.05) is 5.32 Å². The predicted molar refractivity (Wildman–Crippen MR) is 119 cm³/mol. The number of nitriles is 1. The van der Waals surface area contributed by atoms with E-state index in [0.29, 0.717) is 23.6 Å². The molecule has 1 N–H and O–H groups in total. The number of ether oxygens (including phenoxy) is 1. The van der Waals surface area contributed by atoms with Crippen molar-refractivity contribution in [3.8, 4) is 11.8 Å². The van der Waals surface area contributed by atoms with Gasteiger partial charge in [0.25, 0.3) is 5.91 Å². The number of carbonyl (C=O) groups is 1. The van der Waals surface area contributed by atoms with Crippen molar-refractivity contribution in [1.29, 1.82) is 5.26 Å². The molecule has 1 amide bonds. The van der Waals surface area contributed by atoms with Crippen LogP contribution in [0.3, 0.4) is 0 Å². The third kappa shape index (κ3) is 5.44. The molecule has 0 spiro atoms. The van der Waals surface area contributed by atoms with Crippen LogP contribution in [0, 0.1) is 14.9 Å². The molecular weight excluding hydrogens is 463 g/mol. The van der Waals surface area contributed by atoms with E-state index in [1.165, 1.54) is 0 Å². The molecule has 3 rings (SSSR count). The first-order valence-electron chi connectivity index (χ1n) is 8.60. The summed E-state index contributed by atoms with van der Waals surface area (Å²) in [5.41, 5.74) is 2.36. The number of benzene rings is 3. The molecule has 3 aromatic carbocycles. The Hall–Kier alpha value is -3.11. The molecule has 28 heavy (non-hydrogen) atoms. The van der Waals surface area contributed by atoms with Gasteiger partial charge in [-0.2, -0.15) is 5.26 Å². The number of hydrogen-bond acceptors (Lipinski definition) is 3. The quantitative estimate of drug-likeness (QED) is 0.291. The summed E-state index contributed by atoms with van der Waals surface area (Å²) in [5, 5.41) is 12.2. The maximum absolute atomic E-state index is 12.4. The number of nitrogens with zero attached hydrogens (tertiary/aromatic N) is 1. The summed E-state index contributed by atoms with van der Waals surface area (Å²) >= 11 is 2.26. The average Bonchev–Trinajstić information content (AvgIpc) is 2.73. The Morgan fingerprint density at radius 2 is 1.68 bits per heavy atom. The van der Waals surface area contributed by atoms with Gasteiger partial charge in [-0.3, -0.25) is 4.79 Å². The van der Waals surface area contributed by atoms with Gasteiger partial charge in [0.05, 0.1) is 0 Å². The van der Waals surface area contributed by atoms with Gasteiger partial charge in [0.1, 0.15) is 24.0 Å². The third-order valence-corrected chi connectivity index (χ3v) is 4.64. The van der Waals surface area contributed by atoms with E-state index in [0.717, 1.165) is 9.13 Å². The Balaban J connectivity index is 1.77. The number of hydrogen-bond donors (Lipinski definition) is 1. The first kappa shape index (κ1) is 19.6. The van der Waals surface area contributed by atoms with Crippen LogP contribution in [-0.4, -0.2) is 5.91 Å². The molecule has 0 saturated heterocycles. The van der Waals surface area contributed by atoms with Crippen LogP contribution in [0.5, 0.6) is 5.75 Å². The number of halogens is 1. The van der Waals surface area contributed by atoms with Gasteiger partial charge in [-0.05, 0) is 64.6 Å². The van der Waals surface area contributed by atoms with E-state index in [1.54, 1.807) is 18.2 Å². The molecule has 138 valence electrons. The van der Waals surface area contributed by atoms with Crippen molar-refractivity contribution in [2.45, 2.75) is 6.61 Å². The molecule has 0 aliphatic heterocycles. The minimum Gasteiger partial charge on any atom is -0.488 e. The fourth-order valence-corrected chi connectivity index (χ4v) is 2.86. The lowest BCUT2D eigenvalue weighted by atomic mass is 10.1. The van der Waals surface area contributed by atoms with Gasteiger partial charge in [0.15, 0.2) is 0 Å². The van der Waals surface area contributed by atoms with Crippen LogP contribution >= 0.6 is 22.6 Å². The summed E-state index contributed by atoms with van der Waals surface area (Å²) in [6.45, 7) is 0.403. The summed E-state index contributed by atoms with van der Waals surface area (Å²) < 4.78 is 7.08. The lowest BCUT2D eigenvalue weighted by Crippen LogP contribution is -2.13. The van der Waals surface area contributed by atoms with Gasteiger partial charge in [0.2, 0.25) is 0 Å². The van der Waals surface area contributed by atoms with Gasteiger partial charge in [-0.1, -0.05) is 48.5 Å². The normalized spacial score (nSPS) is 10.8. The Labute approximate surface area is 177 Å². The standard InChI is InChI=1S/C23H17IN2O2/c24-20-12-10-17(11-13-20)16-28-22-9-5-4-6-18(22)14-19(15-25)23(27)26-21-7-2-1-3-8-21/h1-14H,16H2,(H,26,27)/b19-14+. The van der Waals surface area contributed by atoms with E-state index in [4.69, 9.17) is 4.74 Å². The lowest BCUT2D eigenvalue weighted by Gasteiger charge is -2.10. The zero-order valence-electron chi connectivity index (χ0n) is 14.9. The van der Waals surface area contributed by atoms with Crippen LogP contribution in [0.15, 0.2) is 84.4 Å². The number of nitrogens with one attached hydrogen (secondary N) is 1. The van der Waals surface area contributed by atoms with Crippen molar-refractivity contribution in [3.05, 3.63) is 99.1 Å². The van der Waals surface area contributed by atoms with Gasteiger partial charge in [-0.15, -0.1) is 0 Å². The van der Waals surface area contributed by atoms with Gasteiger partial charge < -0.3 is 10.1 Å². The SMILES string of the molecule is N#C/C(=C\c1ccccc1OCc1ccc(I)cc1)C(=O)Nc1ccccc1. The average molecular weight is 480 g/mol. The maximum Gasteiger partial charge on any atom is 0.266 e. The van der Waals surface area contributed by atoms with Crippen molar-refractivity contribution in [1.82, 2.24) is 0 Å². The smallest absolute Gasteiger partial charge is 0.266 e. The van der Waals surface area contributed by atoms with E-state index in [2.05, 4.69) is 27.9 Å². The van der Waals surface area contributed by atoms with E-state index in [-0.39, 0.29) is 5.57 Å². The molecule has 3 aromatic rings. The number of amides is 1. The topological polar surface area (TPSA) is 62.1 Å². The monoisotopic (exact) mass is 480 g/mol. The summed E-state index contributed by atoms with van der Waals surface area (Å²) in [5.74, 6) is 0.155. The zero-order chi connectivity index (χ0) is 19.8. The molecule has 0 aliphatic carbocycles. The second kappa shape index (κ2) is 9.72. The molecule has 0 fully saturated rings. The summed E-state index contributed by atoms with van der Waals surface area (Å²) in [6.07, 6.45) is 1.54. The van der Waals surface area contributed by atoms with E-state index in [9.17, 15) is 10.1 Å². The third-order valence-electron chi connectivity index (χ3n) is 3.92. The molecular formula is C23H17IN2O2. The maximum atomic E-state index is 12.4. The number of anilines is 1. The molecule has 0 aliphatic rings. The van der Waals surface area contributed by atoms with Crippen LogP contribution in [0.1, 0.15) is 11.1 Å². The highest BCUT2D eigenvalue weighted by molar-refractivity contribution is 14.1. The van der Waals surface area contributed by atoms with Crippen molar-refractivity contribution in [3.63, 3.8) is 0 Å². The van der Waals surface area contributed by atoms with Gasteiger partial charge in [0, 0.05) is 14.8 Å². The highest BCUT2D eigenvalue weighted by Crippen LogP contribution is 2.23. The number of rotatable bonds is 6. The summed E-state index contributed by atoms with van der Waals surface area (Å²) in [6, 6.07) is 26.4. The van der Waals surface area contributed by atoms with Crippen molar-refractivity contribution >= 4 is 40.3 Å². The Morgan fingerprint density at radius 3 is 2.39 bits per heavy atom. The summed E-state index contributed by atoms with van der Waals surface area (Å²) in [7, 11) is 0. The molecule has 0 aromatic heterocycles. The molecule has 5 heteroatoms. The highest BCUT2D eigenvalue weighted by atomic mass is 127. The second-order valence-electron chi connectivity index (χ2n) is 5.94. The molecule has 0 unspecified atom stereocenters. The van der Waals surface area contributed by atoms with Crippen LogP contribution in [0.25, 0.3) is 6.08 Å². The molecule has 4 nitrogen and oxygen atoms in total. The Morgan fingerprint density at radius 1 is 1.00 bits per heavy atom. The minimum absolute atomic E-state index is 0.00849.